The summed E-state index contributed by atoms with van der Waals surface area (Å²) in [5.41, 5.74) is 19.2. The van der Waals surface area contributed by atoms with Crippen molar-refractivity contribution >= 4 is 5.69 Å². The molecule has 0 saturated carbocycles. The molecule has 0 aromatic heterocycles. The Kier molecular flexibility index (Phi) is 8.70. The van der Waals surface area contributed by atoms with Crippen molar-refractivity contribution in [2.75, 3.05) is 4.90 Å². The zero-order valence-corrected chi connectivity index (χ0v) is 32.4. The van der Waals surface area contributed by atoms with E-state index in [-0.39, 0.29) is 6.17 Å². The molecule has 0 spiro atoms. The van der Waals surface area contributed by atoms with Gasteiger partial charge in [0.05, 0.1) is 5.70 Å². The second-order valence-electron chi connectivity index (χ2n) is 17.7. The Balaban J connectivity index is 0.967. The topological polar surface area (TPSA) is 15.3 Å². The number of anilines is 1. The molecular weight excluding hydrogens is 665 g/mol. The maximum absolute atomic E-state index is 4.03. The lowest BCUT2D eigenvalue weighted by Crippen LogP contribution is -2.44. The Morgan fingerprint density at radius 2 is 1.51 bits per heavy atom. The van der Waals surface area contributed by atoms with E-state index in [0.717, 1.165) is 19.3 Å². The van der Waals surface area contributed by atoms with Crippen LogP contribution in [0.25, 0.3) is 0 Å². The van der Waals surface area contributed by atoms with Crippen LogP contribution in [-0.2, 0) is 0 Å². The highest BCUT2D eigenvalue weighted by molar-refractivity contribution is 5.64. The molecule has 9 aliphatic carbocycles. The average molecular weight is 721 g/mol. The summed E-state index contributed by atoms with van der Waals surface area (Å²) >= 11 is 0. The molecule has 0 bridgehead atoms. The Morgan fingerprint density at radius 3 is 2.44 bits per heavy atom. The highest BCUT2D eigenvalue weighted by atomic mass is 15.3. The number of nitrogens with one attached hydrogen (secondary N) is 1. The van der Waals surface area contributed by atoms with Gasteiger partial charge < -0.3 is 10.2 Å². The number of fused-ring (bicyclic) bond motifs is 2. The van der Waals surface area contributed by atoms with Gasteiger partial charge in [0, 0.05) is 35.1 Å². The molecule has 0 radical (unpaired) electrons. The van der Waals surface area contributed by atoms with Gasteiger partial charge in [-0.15, -0.1) is 0 Å². The molecule has 2 nitrogen and oxygen atoms in total. The summed E-state index contributed by atoms with van der Waals surface area (Å²) in [6.07, 6.45) is 54.8. The van der Waals surface area contributed by atoms with E-state index in [1.807, 2.05) is 0 Å². The molecule has 1 N–H and O–H groups in total. The van der Waals surface area contributed by atoms with Gasteiger partial charge in [0.25, 0.3) is 0 Å². The average Bonchev–Trinajstić information content (AvgIpc) is 3.65. The predicted molar refractivity (Wildman–Crippen MR) is 229 cm³/mol. The Bertz CT molecular complexity index is 2170. The molecule has 0 amide bonds. The summed E-state index contributed by atoms with van der Waals surface area (Å²) < 4.78 is 0. The largest absolute Gasteiger partial charge is 0.366 e. The van der Waals surface area contributed by atoms with Crippen molar-refractivity contribution in [3.05, 3.63) is 183 Å². The summed E-state index contributed by atoms with van der Waals surface area (Å²) in [6, 6.07) is 11.1. The number of rotatable bonds is 5. The molecule has 0 saturated heterocycles. The van der Waals surface area contributed by atoms with Crippen LogP contribution in [0.4, 0.5) is 5.69 Å². The van der Waals surface area contributed by atoms with Gasteiger partial charge >= 0.3 is 0 Å². The van der Waals surface area contributed by atoms with Gasteiger partial charge in [-0.1, -0.05) is 120 Å². The minimum Gasteiger partial charge on any atom is -0.366 e. The second kappa shape index (κ2) is 14.2. The van der Waals surface area contributed by atoms with E-state index in [0.29, 0.717) is 35.5 Å². The van der Waals surface area contributed by atoms with Crippen molar-refractivity contribution in [2.24, 2.45) is 35.5 Å². The van der Waals surface area contributed by atoms with Crippen LogP contribution in [-0.4, -0.2) is 6.17 Å². The first-order valence-corrected chi connectivity index (χ1v) is 22.0. The quantitative estimate of drug-likeness (QED) is 0.305. The van der Waals surface area contributed by atoms with E-state index >= 15 is 0 Å². The first-order chi connectivity index (χ1) is 27.3. The minimum atomic E-state index is 0.278. The van der Waals surface area contributed by atoms with Gasteiger partial charge in [-0.25, -0.2) is 0 Å². The predicted octanol–water partition coefficient (Wildman–Crippen LogP) is 12.9. The molecule has 7 atom stereocenters. The van der Waals surface area contributed by atoms with Gasteiger partial charge in [-0.05, 0) is 153 Å². The standard InChI is InChI=1S/C53H56N2/c1-2-18-40(19-3-1)55-50-27-11-10-26-49(50)54-53(55)38-30-28-35(29-31-38)39-32-33-47-48(34-39)52(44-25-13-17-37-15-5-7-21-42(37)44)46-23-9-8-22-45(46)51(47)43-24-12-16-36-14-4-6-20-41(36)43/h1-3,5-6,11-13,15-20,22-23,27-28,30,34-35,38,43-44,48,52-54H,4,7-10,14,21,24-26,29,31-33H2. The van der Waals surface area contributed by atoms with E-state index in [2.05, 4.69) is 132 Å². The fraction of sp³-hybridized carbons (Fsp3) is 0.396. The van der Waals surface area contributed by atoms with E-state index < -0.39 is 0 Å². The lowest BCUT2D eigenvalue weighted by molar-refractivity contribution is 0.333. The van der Waals surface area contributed by atoms with Crippen molar-refractivity contribution in [3.63, 3.8) is 0 Å². The minimum absolute atomic E-state index is 0.278. The van der Waals surface area contributed by atoms with Crippen LogP contribution in [0, 0.1) is 35.5 Å². The van der Waals surface area contributed by atoms with E-state index in [1.54, 1.807) is 44.6 Å². The smallest absolute Gasteiger partial charge is 0.110 e. The van der Waals surface area contributed by atoms with E-state index in [1.165, 1.54) is 93.3 Å². The SMILES string of the molecule is C1=CC2=C(C=CCC2C2=C3CCC(C4C=CC(C5NC6=C(C=CCC6)N5c5ccccc5)CC4)=CC3C(C3CC=CC4=C3CCC=C4)C3=CCCC=C32)CC1. The number of nitrogens with zero attached hydrogens (tertiary/aromatic N) is 1. The van der Waals surface area contributed by atoms with Crippen molar-refractivity contribution in [3.8, 4) is 0 Å². The number of benzene rings is 1. The zero-order valence-electron chi connectivity index (χ0n) is 32.4. The molecule has 55 heavy (non-hydrogen) atoms. The zero-order chi connectivity index (χ0) is 36.3. The molecule has 11 rings (SSSR count). The molecule has 0 fully saturated rings. The maximum atomic E-state index is 4.03. The third-order valence-electron chi connectivity index (χ3n) is 14.9. The Morgan fingerprint density at radius 1 is 0.673 bits per heavy atom. The second-order valence-corrected chi connectivity index (χ2v) is 17.7. The lowest BCUT2D eigenvalue weighted by atomic mass is 9.55. The van der Waals surface area contributed by atoms with E-state index in [4.69, 9.17) is 0 Å². The Labute approximate surface area is 329 Å². The first-order valence-electron chi connectivity index (χ1n) is 22.0. The summed E-state index contributed by atoms with van der Waals surface area (Å²) in [7, 11) is 0. The summed E-state index contributed by atoms with van der Waals surface area (Å²) in [6.45, 7) is 0. The normalized spacial score (nSPS) is 33.4. The molecule has 1 aliphatic heterocycles. The lowest BCUT2D eigenvalue weighted by Gasteiger charge is -2.48. The first kappa shape index (κ1) is 33.8. The number of hydrogen-bond acceptors (Lipinski definition) is 2. The van der Waals surface area contributed by atoms with Gasteiger partial charge in [0.1, 0.15) is 6.17 Å². The van der Waals surface area contributed by atoms with Crippen LogP contribution >= 0.6 is 0 Å². The molecule has 278 valence electrons. The molecule has 1 aromatic rings. The molecule has 7 unspecified atom stereocenters. The maximum Gasteiger partial charge on any atom is 0.110 e. The molecule has 2 heteroatoms. The molecular formula is C53H56N2. The van der Waals surface area contributed by atoms with Gasteiger partial charge in [0.15, 0.2) is 0 Å². The fourth-order valence-electron chi connectivity index (χ4n) is 12.4. The van der Waals surface area contributed by atoms with Crippen LogP contribution in [0.1, 0.15) is 89.9 Å². The number of para-hydroxylation sites is 1. The van der Waals surface area contributed by atoms with Crippen molar-refractivity contribution < 1.29 is 0 Å². The number of allylic oxidation sites excluding steroid dienone is 24. The van der Waals surface area contributed by atoms with E-state index in [9.17, 15) is 0 Å². The van der Waals surface area contributed by atoms with Crippen molar-refractivity contribution in [2.45, 2.75) is 96.1 Å². The summed E-state index contributed by atoms with van der Waals surface area (Å²) in [4.78, 5) is 2.60. The highest BCUT2D eigenvalue weighted by Crippen LogP contribution is 2.58. The van der Waals surface area contributed by atoms with Crippen LogP contribution in [0.5, 0.6) is 0 Å². The molecule has 1 aromatic carbocycles. The third-order valence-corrected chi connectivity index (χ3v) is 14.9. The summed E-state index contributed by atoms with van der Waals surface area (Å²) in [5, 5.41) is 4.03. The third kappa shape index (κ3) is 5.81. The molecule has 10 aliphatic rings. The van der Waals surface area contributed by atoms with Crippen LogP contribution < -0.4 is 10.2 Å². The van der Waals surface area contributed by atoms with Crippen LogP contribution in [0.15, 0.2) is 183 Å². The van der Waals surface area contributed by atoms with Crippen LogP contribution in [0.2, 0.25) is 0 Å². The summed E-state index contributed by atoms with van der Waals surface area (Å²) in [5.74, 6) is 3.12. The monoisotopic (exact) mass is 720 g/mol. The highest BCUT2D eigenvalue weighted by Gasteiger charge is 2.46. The van der Waals surface area contributed by atoms with Crippen molar-refractivity contribution in [1.82, 2.24) is 5.32 Å². The molecule has 1 heterocycles. The van der Waals surface area contributed by atoms with Gasteiger partial charge in [0.2, 0.25) is 0 Å². The van der Waals surface area contributed by atoms with Crippen LogP contribution in [0.3, 0.4) is 0 Å². The van der Waals surface area contributed by atoms with Crippen molar-refractivity contribution in [1.29, 1.82) is 0 Å². The van der Waals surface area contributed by atoms with Gasteiger partial charge in [-0.3, -0.25) is 0 Å². The Hall–Kier alpha value is -4.56. The number of hydrogen-bond donors (Lipinski definition) is 1. The fourth-order valence-corrected chi connectivity index (χ4v) is 12.4. The van der Waals surface area contributed by atoms with Gasteiger partial charge in [-0.2, -0.15) is 0 Å².